The van der Waals surface area contributed by atoms with Crippen molar-refractivity contribution in [2.75, 3.05) is 18.8 Å². The van der Waals surface area contributed by atoms with Crippen LogP contribution in [0.25, 0.3) is 11.1 Å². The summed E-state index contributed by atoms with van der Waals surface area (Å²) in [6.45, 7) is 6.38. The number of carbonyl (C=O) groups excluding carboxylic acids is 1. The van der Waals surface area contributed by atoms with Gasteiger partial charge in [-0.05, 0) is 63.4 Å². The van der Waals surface area contributed by atoms with Gasteiger partial charge in [-0.2, -0.15) is 13.2 Å². The molecule has 0 spiro atoms. The monoisotopic (exact) mass is 470 g/mol. The standard InChI is InChI=1S/C23H26ClF3N2O3/c1-22(2,3)32-21(30)29-10-4-5-17(13-29)31-16-8-6-14(7-9-16)20-18(23(25,26)27)11-15(28)12-19(20)24/h6-9,11-12,17H,4-5,10,13,28H2,1-3H3. The first-order valence-corrected chi connectivity index (χ1v) is 10.6. The number of nitrogens with two attached hydrogens (primary N) is 1. The molecule has 1 unspecified atom stereocenters. The molecule has 0 aliphatic carbocycles. The van der Waals surface area contributed by atoms with Gasteiger partial charge in [-0.25, -0.2) is 4.79 Å². The van der Waals surface area contributed by atoms with E-state index in [2.05, 4.69) is 0 Å². The van der Waals surface area contributed by atoms with E-state index in [-0.39, 0.29) is 28.5 Å². The molecule has 1 heterocycles. The van der Waals surface area contributed by atoms with Gasteiger partial charge < -0.3 is 20.1 Å². The predicted molar refractivity (Wildman–Crippen MR) is 118 cm³/mol. The maximum absolute atomic E-state index is 13.5. The fourth-order valence-corrected chi connectivity index (χ4v) is 3.90. The Morgan fingerprint density at radius 2 is 1.81 bits per heavy atom. The third-order valence-corrected chi connectivity index (χ3v) is 5.19. The van der Waals surface area contributed by atoms with Crippen molar-refractivity contribution in [1.82, 2.24) is 4.90 Å². The first-order valence-electron chi connectivity index (χ1n) is 10.2. The van der Waals surface area contributed by atoms with Crippen LogP contribution in [0.5, 0.6) is 5.75 Å². The van der Waals surface area contributed by atoms with Gasteiger partial charge in [-0.1, -0.05) is 23.7 Å². The van der Waals surface area contributed by atoms with E-state index in [0.29, 0.717) is 24.4 Å². The van der Waals surface area contributed by atoms with Crippen molar-refractivity contribution in [3.63, 3.8) is 0 Å². The highest BCUT2D eigenvalue weighted by molar-refractivity contribution is 6.33. The lowest BCUT2D eigenvalue weighted by atomic mass is 9.98. The lowest BCUT2D eigenvalue weighted by Gasteiger charge is -2.34. The van der Waals surface area contributed by atoms with Crippen LogP contribution in [0.3, 0.4) is 0 Å². The van der Waals surface area contributed by atoms with Gasteiger partial charge in [0.05, 0.1) is 17.1 Å². The molecule has 0 saturated carbocycles. The predicted octanol–water partition coefficient (Wildman–Crippen LogP) is 6.39. The number of hydrogen-bond donors (Lipinski definition) is 1. The van der Waals surface area contributed by atoms with Crippen molar-refractivity contribution in [2.24, 2.45) is 0 Å². The van der Waals surface area contributed by atoms with Crippen LogP contribution in [0.4, 0.5) is 23.7 Å². The molecule has 32 heavy (non-hydrogen) atoms. The highest BCUT2D eigenvalue weighted by Crippen LogP contribution is 2.42. The van der Waals surface area contributed by atoms with Crippen LogP contribution in [-0.4, -0.2) is 35.8 Å². The van der Waals surface area contributed by atoms with Gasteiger partial charge >= 0.3 is 12.3 Å². The van der Waals surface area contributed by atoms with Crippen molar-refractivity contribution in [2.45, 2.75) is 51.5 Å². The maximum Gasteiger partial charge on any atom is 0.417 e. The first-order chi connectivity index (χ1) is 14.8. The highest BCUT2D eigenvalue weighted by Gasteiger charge is 2.35. The van der Waals surface area contributed by atoms with Crippen LogP contribution in [0.1, 0.15) is 39.2 Å². The molecule has 3 rings (SSSR count). The van der Waals surface area contributed by atoms with Crippen LogP contribution in [0, 0.1) is 0 Å². The van der Waals surface area contributed by atoms with E-state index in [9.17, 15) is 18.0 Å². The Hall–Kier alpha value is -2.61. The Balaban J connectivity index is 1.74. The summed E-state index contributed by atoms with van der Waals surface area (Å²) >= 11 is 6.10. The van der Waals surface area contributed by atoms with Gasteiger partial charge in [0, 0.05) is 17.8 Å². The van der Waals surface area contributed by atoms with Crippen molar-refractivity contribution in [3.05, 3.63) is 47.0 Å². The number of nitrogen functional groups attached to an aromatic ring is 1. The second kappa shape index (κ2) is 9.10. The molecule has 1 saturated heterocycles. The maximum atomic E-state index is 13.5. The number of ether oxygens (including phenoxy) is 2. The summed E-state index contributed by atoms with van der Waals surface area (Å²) in [7, 11) is 0. The molecule has 174 valence electrons. The average molecular weight is 471 g/mol. The summed E-state index contributed by atoms with van der Waals surface area (Å²) in [6.07, 6.45) is -3.72. The van der Waals surface area contributed by atoms with Gasteiger partial charge in [0.1, 0.15) is 17.5 Å². The molecule has 9 heteroatoms. The number of halogens is 4. The largest absolute Gasteiger partial charge is 0.489 e. The lowest BCUT2D eigenvalue weighted by Crippen LogP contribution is -2.46. The minimum Gasteiger partial charge on any atom is -0.489 e. The molecule has 2 aromatic rings. The van der Waals surface area contributed by atoms with E-state index in [4.69, 9.17) is 26.8 Å². The van der Waals surface area contributed by atoms with E-state index in [1.165, 1.54) is 18.2 Å². The average Bonchev–Trinajstić information content (AvgIpc) is 2.66. The molecular formula is C23H26ClF3N2O3. The summed E-state index contributed by atoms with van der Waals surface area (Å²) in [6, 6.07) is 8.40. The Morgan fingerprint density at radius 3 is 2.41 bits per heavy atom. The molecule has 2 aromatic carbocycles. The summed E-state index contributed by atoms with van der Waals surface area (Å²) in [5.74, 6) is 0.491. The number of amides is 1. The van der Waals surface area contributed by atoms with Crippen LogP contribution in [-0.2, 0) is 10.9 Å². The SMILES string of the molecule is CC(C)(C)OC(=O)N1CCCC(Oc2ccc(-c3c(Cl)cc(N)cc3C(F)(F)F)cc2)C1. The minimum absolute atomic E-state index is 0.0575. The number of benzene rings is 2. The summed E-state index contributed by atoms with van der Waals surface area (Å²) in [4.78, 5) is 13.9. The lowest BCUT2D eigenvalue weighted by molar-refractivity contribution is -0.137. The quantitative estimate of drug-likeness (QED) is 0.528. The zero-order valence-corrected chi connectivity index (χ0v) is 18.9. The fraction of sp³-hybridized carbons (Fsp3) is 0.435. The molecular weight excluding hydrogens is 445 g/mol. The molecule has 1 fully saturated rings. The van der Waals surface area contributed by atoms with Gasteiger partial charge in [0.2, 0.25) is 0 Å². The number of likely N-dealkylation sites (tertiary alicyclic amines) is 1. The molecule has 0 bridgehead atoms. The summed E-state index contributed by atoms with van der Waals surface area (Å²) < 4.78 is 51.9. The topological polar surface area (TPSA) is 64.8 Å². The van der Waals surface area contributed by atoms with Crippen molar-refractivity contribution in [1.29, 1.82) is 0 Å². The number of hydrogen-bond acceptors (Lipinski definition) is 4. The Labute approximate surface area is 190 Å². The highest BCUT2D eigenvalue weighted by atomic mass is 35.5. The van der Waals surface area contributed by atoms with Crippen LogP contribution >= 0.6 is 11.6 Å². The smallest absolute Gasteiger partial charge is 0.417 e. The molecule has 0 radical (unpaired) electrons. The van der Waals surface area contributed by atoms with Crippen LogP contribution < -0.4 is 10.5 Å². The molecule has 1 aliphatic rings. The van der Waals surface area contributed by atoms with Gasteiger partial charge in [0.25, 0.3) is 0 Å². The van der Waals surface area contributed by atoms with E-state index in [1.54, 1.807) is 17.0 Å². The molecule has 1 amide bonds. The summed E-state index contributed by atoms with van der Waals surface area (Å²) in [5.41, 5.74) is 4.19. The Kier molecular flexibility index (Phi) is 6.83. The number of carbonyl (C=O) groups is 1. The number of alkyl halides is 3. The zero-order valence-electron chi connectivity index (χ0n) is 18.1. The molecule has 1 aliphatic heterocycles. The molecule has 2 N–H and O–H groups in total. The second-order valence-corrected chi connectivity index (χ2v) is 9.16. The van der Waals surface area contributed by atoms with Crippen molar-refractivity contribution >= 4 is 23.4 Å². The van der Waals surface area contributed by atoms with Gasteiger partial charge in [-0.15, -0.1) is 0 Å². The van der Waals surface area contributed by atoms with Gasteiger partial charge in [-0.3, -0.25) is 0 Å². The second-order valence-electron chi connectivity index (χ2n) is 8.76. The number of anilines is 1. The first kappa shape index (κ1) is 24.0. The number of piperidine rings is 1. The Morgan fingerprint density at radius 1 is 1.16 bits per heavy atom. The fourth-order valence-electron chi connectivity index (χ4n) is 3.56. The van der Waals surface area contributed by atoms with E-state index < -0.39 is 17.3 Å². The summed E-state index contributed by atoms with van der Waals surface area (Å²) in [5, 5.41) is -0.0775. The van der Waals surface area contributed by atoms with Crippen LogP contribution in [0.2, 0.25) is 5.02 Å². The Bertz CT molecular complexity index is 972. The third-order valence-electron chi connectivity index (χ3n) is 4.89. The molecule has 5 nitrogen and oxygen atoms in total. The minimum atomic E-state index is -4.60. The normalized spacial score (nSPS) is 17.2. The van der Waals surface area contributed by atoms with Crippen molar-refractivity contribution in [3.8, 4) is 16.9 Å². The number of rotatable bonds is 3. The van der Waals surface area contributed by atoms with Gasteiger partial charge in [0.15, 0.2) is 0 Å². The number of nitrogens with zero attached hydrogens (tertiary/aromatic N) is 1. The molecule has 0 aromatic heterocycles. The van der Waals surface area contributed by atoms with Crippen molar-refractivity contribution < 1.29 is 27.4 Å². The van der Waals surface area contributed by atoms with E-state index >= 15 is 0 Å². The third kappa shape index (κ3) is 6.00. The van der Waals surface area contributed by atoms with E-state index in [1.807, 2.05) is 20.8 Å². The zero-order chi connectivity index (χ0) is 23.7. The molecule has 1 atom stereocenters. The van der Waals surface area contributed by atoms with E-state index in [0.717, 1.165) is 18.9 Å². The van der Waals surface area contributed by atoms with Crippen LogP contribution in [0.15, 0.2) is 36.4 Å².